The van der Waals surface area contributed by atoms with Gasteiger partial charge in [-0.1, -0.05) is 0 Å². The van der Waals surface area contributed by atoms with E-state index >= 15 is 0 Å². The maximum Gasteiger partial charge on any atom is 0.309 e. The second-order valence-corrected chi connectivity index (χ2v) is 9.25. The average Bonchev–Trinajstić information content (AvgIpc) is 3.55. The summed E-state index contributed by atoms with van der Waals surface area (Å²) in [6.07, 6.45) is 6.78. The van der Waals surface area contributed by atoms with E-state index in [4.69, 9.17) is 4.74 Å². The predicted octanol–water partition coefficient (Wildman–Crippen LogP) is 3.08. The molecule has 1 aromatic rings. The number of aryl methyl sites for hydroxylation is 1. The van der Waals surface area contributed by atoms with E-state index < -0.39 is 0 Å². The van der Waals surface area contributed by atoms with E-state index in [0.29, 0.717) is 37.5 Å². The number of thiophene rings is 1. The molecule has 1 amide bonds. The molecular weight excluding hydrogens is 362 g/mol. The summed E-state index contributed by atoms with van der Waals surface area (Å²) in [4.78, 5) is 39.7. The number of fused-ring (bicyclic) bond motifs is 1. The Labute approximate surface area is 163 Å². The molecule has 0 saturated heterocycles. The summed E-state index contributed by atoms with van der Waals surface area (Å²) in [5.74, 6) is 0.628. The van der Waals surface area contributed by atoms with Gasteiger partial charge in [0.05, 0.1) is 18.1 Å². The van der Waals surface area contributed by atoms with E-state index in [1.165, 1.54) is 17.7 Å². The van der Waals surface area contributed by atoms with Crippen LogP contribution in [0.4, 0.5) is 0 Å². The fraction of sp³-hybridized carbons (Fsp3) is 0.667. The fourth-order valence-electron chi connectivity index (χ4n) is 3.85. The molecule has 6 heteroatoms. The highest BCUT2D eigenvalue weighted by Crippen LogP contribution is 2.39. The SMILES string of the molecule is CCOC(=O)C1CCc2sc(CC(=O)C3CC3)c(C(=O)NCC3CC3)c2C1. The Hall–Kier alpha value is -1.69. The molecule has 27 heavy (non-hydrogen) atoms. The number of ketones is 1. The minimum Gasteiger partial charge on any atom is -0.466 e. The normalized spacial score (nSPS) is 21.4. The van der Waals surface area contributed by atoms with Gasteiger partial charge in [0.2, 0.25) is 0 Å². The van der Waals surface area contributed by atoms with Gasteiger partial charge in [0.15, 0.2) is 0 Å². The molecule has 0 aliphatic heterocycles. The summed E-state index contributed by atoms with van der Waals surface area (Å²) in [5, 5.41) is 3.07. The molecule has 0 aromatic carbocycles. The molecule has 0 bridgehead atoms. The van der Waals surface area contributed by atoms with E-state index in [2.05, 4.69) is 5.32 Å². The molecule has 1 unspecified atom stereocenters. The van der Waals surface area contributed by atoms with Crippen molar-refractivity contribution in [3.63, 3.8) is 0 Å². The van der Waals surface area contributed by atoms with Gasteiger partial charge in [-0.15, -0.1) is 11.3 Å². The van der Waals surface area contributed by atoms with Crippen molar-refractivity contribution in [2.24, 2.45) is 17.8 Å². The van der Waals surface area contributed by atoms with Crippen LogP contribution in [0.15, 0.2) is 0 Å². The maximum atomic E-state index is 13.0. The van der Waals surface area contributed by atoms with Crippen LogP contribution in [0.25, 0.3) is 0 Å². The highest BCUT2D eigenvalue weighted by atomic mass is 32.1. The lowest BCUT2D eigenvalue weighted by molar-refractivity contribution is -0.148. The van der Waals surface area contributed by atoms with Crippen molar-refractivity contribution >= 4 is 29.0 Å². The third kappa shape index (κ3) is 4.26. The van der Waals surface area contributed by atoms with Gasteiger partial charge >= 0.3 is 5.97 Å². The van der Waals surface area contributed by atoms with Crippen LogP contribution in [0.1, 0.15) is 64.7 Å². The van der Waals surface area contributed by atoms with Crippen LogP contribution in [-0.2, 0) is 33.6 Å². The van der Waals surface area contributed by atoms with Crippen molar-refractivity contribution in [3.05, 3.63) is 20.9 Å². The largest absolute Gasteiger partial charge is 0.466 e. The van der Waals surface area contributed by atoms with E-state index in [1.54, 1.807) is 11.3 Å². The van der Waals surface area contributed by atoms with Gasteiger partial charge in [-0.2, -0.15) is 0 Å². The van der Waals surface area contributed by atoms with Gasteiger partial charge in [0.1, 0.15) is 5.78 Å². The number of Topliss-reactive ketones (excluding diaryl/α,β-unsaturated/α-hetero) is 1. The van der Waals surface area contributed by atoms with Crippen molar-refractivity contribution in [2.75, 3.05) is 13.2 Å². The minimum absolute atomic E-state index is 0.0671. The lowest BCUT2D eigenvalue weighted by atomic mass is 9.85. The number of carbonyl (C=O) groups is 3. The van der Waals surface area contributed by atoms with Crippen molar-refractivity contribution in [1.82, 2.24) is 5.32 Å². The van der Waals surface area contributed by atoms with E-state index in [-0.39, 0.29) is 29.5 Å². The van der Waals surface area contributed by atoms with E-state index in [9.17, 15) is 14.4 Å². The van der Waals surface area contributed by atoms with Gasteiger partial charge in [-0.05, 0) is 63.4 Å². The topological polar surface area (TPSA) is 72.5 Å². The molecule has 1 heterocycles. The number of ether oxygens (including phenoxy) is 1. The zero-order valence-corrected chi connectivity index (χ0v) is 16.7. The Balaban J connectivity index is 1.58. The summed E-state index contributed by atoms with van der Waals surface area (Å²) in [6.45, 7) is 2.90. The summed E-state index contributed by atoms with van der Waals surface area (Å²) in [7, 11) is 0. The first kappa shape index (κ1) is 18.7. The van der Waals surface area contributed by atoms with Gasteiger partial charge in [-0.25, -0.2) is 0 Å². The molecule has 3 aliphatic carbocycles. The molecule has 5 nitrogen and oxygen atoms in total. The predicted molar refractivity (Wildman–Crippen MR) is 103 cm³/mol. The van der Waals surface area contributed by atoms with Crippen LogP contribution >= 0.6 is 11.3 Å². The molecular formula is C21H27NO4S. The molecule has 146 valence electrons. The monoisotopic (exact) mass is 389 g/mol. The molecule has 0 spiro atoms. The fourth-order valence-corrected chi connectivity index (χ4v) is 5.20. The van der Waals surface area contributed by atoms with Crippen molar-refractivity contribution < 1.29 is 19.1 Å². The van der Waals surface area contributed by atoms with Gasteiger partial charge < -0.3 is 10.1 Å². The first-order chi connectivity index (χ1) is 13.1. The van der Waals surface area contributed by atoms with Crippen LogP contribution in [-0.4, -0.2) is 30.8 Å². The summed E-state index contributed by atoms with van der Waals surface area (Å²) in [6, 6.07) is 0. The van der Waals surface area contributed by atoms with E-state index in [1.807, 2.05) is 6.92 Å². The number of rotatable bonds is 8. The van der Waals surface area contributed by atoms with Crippen LogP contribution in [0.5, 0.6) is 0 Å². The molecule has 0 radical (unpaired) electrons. The third-order valence-corrected chi connectivity index (χ3v) is 7.09. The summed E-state index contributed by atoms with van der Waals surface area (Å²) < 4.78 is 5.20. The van der Waals surface area contributed by atoms with Crippen molar-refractivity contribution in [2.45, 2.75) is 58.3 Å². The lowest BCUT2D eigenvalue weighted by Crippen LogP contribution is -2.29. The number of carbonyl (C=O) groups excluding carboxylic acids is 3. The van der Waals surface area contributed by atoms with Gasteiger partial charge in [0, 0.05) is 28.6 Å². The summed E-state index contributed by atoms with van der Waals surface area (Å²) in [5.41, 5.74) is 1.66. The van der Waals surface area contributed by atoms with Crippen molar-refractivity contribution in [3.8, 4) is 0 Å². The molecule has 2 saturated carbocycles. The zero-order chi connectivity index (χ0) is 19.0. The second kappa shape index (κ2) is 7.74. The number of hydrogen-bond donors (Lipinski definition) is 1. The molecule has 2 fully saturated rings. The highest BCUT2D eigenvalue weighted by Gasteiger charge is 2.35. The van der Waals surface area contributed by atoms with Crippen LogP contribution < -0.4 is 5.32 Å². The first-order valence-corrected chi connectivity index (χ1v) is 11.0. The minimum atomic E-state index is -0.186. The quantitative estimate of drug-likeness (QED) is 0.694. The van der Waals surface area contributed by atoms with Crippen molar-refractivity contribution in [1.29, 1.82) is 0 Å². The molecule has 1 atom stereocenters. The number of amides is 1. The Morgan fingerprint density at radius 3 is 2.56 bits per heavy atom. The van der Waals surface area contributed by atoms with Crippen LogP contribution in [0.3, 0.4) is 0 Å². The number of hydrogen-bond acceptors (Lipinski definition) is 5. The highest BCUT2D eigenvalue weighted by molar-refractivity contribution is 7.12. The summed E-state index contributed by atoms with van der Waals surface area (Å²) >= 11 is 1.61. The zero-order valence-electron chi connectivity index (χ0n) is 15.8. The lowest BCUT2D eigenvalue weighted by Gasteiger charge is -2.21. The molecule has 1 aromatic heterocycles. The van der Waals surface area contributed by atoms with E-state index in [0.717, 1.165) is 36.1 Å². The van der Waals surface area contributed by atoms with Gasteiger partial charge in [-0.3, -0.25) is 14.4 Å². The second-order valence-electron chi connectivity index (χ2n) is 8.06. The molecule has 4 rings (SSSR count). The smallest absolute Gasteiger partial charge is 0.309 e. The van der Waals surface area contributed by atoms with Crippen LogP contribution in [0, 0.1) is 17.8 Å². The third-order valence-electron chi connectivity index (χ3n) is 5.80. The van der Waals surface area contributed by atoms with Crippen LogP contribution in [0.2, 0.25) is 0 Å². The maximum absolute atomic E-state index is 13.0. The number of esters is 1. The molecule has 3 aliphatic rings. The first-order valence-electron chi connectivity index (χ1n) is 10.2. The Bertz CT molecular complexity index is 760. The standard InChI is InChI=1S/C21H27NO4S/c1-2-26-21(25)14-7-8-17-15(9-14)19(20(24)22-11-12-3-4-12)18(27-17)10-16(23)13-5-6-13/h12-14H,2-11H2,1H3,(H,22,24). The molecule has 1 N–H and O–H groups in total. The van der Waals surface area contributed by atoms with Gasteiger partial charge in [0.25, 0.3) is 5.91 Å². The number of nitrogens with one attached hydrogen (secondary N) is 1. The Kier molecular flexibility index (Phi) is 5.35. The Morgan fingerprint density at radius 2 is 1.89 bits per heavy atom. The Morgan fingerprint density at radius 1 is 1.11 bits per heavy atom. The average molecular weight is 390 g/mol.